The highest BCUT2D eigenvalue weighted by molar-refractivity contribution is 7.92. The lowest BCUT2D eigenvalue weighted by atomic mass is 10.2. The van der Waals surface area contributed by atoms with Gasteiger partial charge in [-0.1, -0.05) is 35.9 Å². The second kappa shape index (κ2) is 9.32. The van der Waals surface area contributed by atoms with Gasteiger partial charge in [0.15, 0.2) is 0 Å². The molecule has 2 aromatic carbocycles. The number of benzene rings is 2. The molecule has 0 bridgehead atoms. The molecule has 0 unspecified atom stereocenters. The molecular formula is C21H22ClN3O4S. The van der Waals surface area contributed by atoms with Crippen molar-refractivity contribution in [3.63, 3.8) is 0 Å². The molecule has 0 aliphatic carbocycles. The van der Waals surface area contributed by atoms with Crippen LogP contribution in [0.3, 0.4) is 0 Å². The van der Waals surface area contributed by atoms with Crippen LogP contribution >= 0.6 is 11.6 Å². The van der Waals surface area contributed by atoms with Gasteiger partial charge in [0.1, 0.15) is 0 Å². The second-order valence-electron chi connectivity index (χ2n) is 6.82. The van der Waals surface area contributed by atoms with E-state index in [9.17, 15) is 18.0 Å². The molecule has 0 atom stereocenters. The number of piperazine rings is 1. The number of para-hydroxylation sites is 1. The molecule has 1 aliphatic heterocycles. The molecule has 1 fully saturated rings. The first-order chi connectivity index (χ1) is 14.3. The molecule has 2 aromatic rings. The van der Waals surface area contributed by atoms with Gasteiger partial charge in [0, 0.05) is 39.2 Å². The number of nitrogens with zero attached hydrogens (tertiary/aromatic N) is 2. The Labute approximate surface area is 181 Å². The molecule has 1 saturated heterocycles. The molecular weight excluding hydrogens is 426 g/mol. The fourth-order valence-electron chi connectivity index (χ4n) is 3.02. The van der Waals surface area contributed by atoms with Crippen molar-refractivity contribution in [1.82, 2.24) is 9.80 Å². The lowest BCUT2D eigenvalue weighted by Gasteiger charge is -2.33. The standard InChI is InChI=1S/C21H22ClN3O4S/c1-16(26)24-12-14-25(15-13-24)21(27)11-8-17-6-9-18(10-7-17)30(28,29)23-20-5-3-2-4-19(20)22/h2-11,23H,12-15H2,1H3/b11-8+. The Hall–Kier alpha value is -2.84. The van der Waals surface area contributed by atoms with E-state index >= 15 is 0 Å². The molecule has 0 spiro atoms. The van der Waals surface area contributed by atoms with Crippen molar-refractivity contribution in [2.45, 2.75) is 11.8 Å². The third-order valence-electron chi connectivity index (χ3n) is 4.76. The number of anilines is 1. The minimum Gasteiger partial charge on any atom is -0.339 e. The highest BCUT2D eigenvalue weighted by Gasteiger charge is 2.21. The lowest BCUT2D eigenvalue weighted by Crippen LogP contribution is -2.49. The van der Waals surface area contributed by atoms with Crippen molar-refractivity contribution in [3.05, 3.63) is 65.2 Å². The molecule has 3 rings (SSSR count). The summed E-state index contributed by atoms with van der Waals surface area (Å²) in [6, 6.07) is 12.8. The maximum Gasteiger partial charge on any atom is 0.261 e. The van der Waals surface area contributed by atoms with Crippen molar-refractivity contribution >= 4 is 45.2 Å². The van der Waals surface area contributed by atoms with Gasteiger partial charge in [0.25, 0.3) is 10.0 Å². The number of sulfonamides is 1. The van der Waals surface area contributed by atoms with Crippen molar-refractivity contribution in [2.24, 2.45) is 0 Å². The van der Waals surface area contributed by atoms with Crippen molar-refractivity contribution < 1.29 is 18.0 Å². The third kappa shape index (κ3) is 5.40. The average molecular weight is 448 g/mol. The predicted octanol–water partition coefficient (Wildman–Crippen LogP) is 2.84. The first-order valence-electron chi connectivity index (χ1n) is 9.36. The van der Waals surface area contributed by atoms with Gasteiger partial charge in [-0.05, 0) is 35.9 Å². The molecule has 1 aliphatic rings. The van der Waals surface area contributed by atoms with Crippen molar-refractivity contribution in [1.29, 1.82) is 0 Å². The number of halogens is 1. The third-order valence-corrected chi connectivity index (χ3v) is 6.47. The van der Waals surface area contributed by atoms with Crippen molar-refractivity contribution in [3.8, 4) is 0 Å². The van der Waals surface area contributed by atoms with Crippen LogP contribution in [0.2, 0.25) is 5.02 Å². The summed E-state index contributed by atoms with van der Waals surface area (Å²) in [6.07, 6.45) is 3.09. The molecule has 158 valence electrons. The minimum absolute atomic E-state index is 0.0108. The van der Waals surface area contributed by atoms with Crippen LogP contribution in [0.15, 0.2) is 59.5 Å². The normalized spacial score (nSPS) is 14.7. The summed E-state index contributed by atoms with van der Waals surface area (Å²) < 4.78 is 27.5. The smallest absolute Gasteiger partial charge is 0.261 e. The summed E-state index contributed by atoms with van der Waals surface area (Å²) in [4.78, 5) is 27.2. The van der Waals surface area contributed by atoms with Gasteiger partial charge in [-0.15, -0.1) is 0 Å². The van der Waals surface area contributed by atoms with Gasteiger partial charge >= 0.3 is 0 Å². The predicted molar refractivity (Wildman–Crippen MR) is 117 cm³/mol. The molecule has 2 amide bonds. The van der Waals surface area contributed by atoms with E-state index in [1.165, 1.54) is 25.1 Å². The zero-order valence-electron chi connectivity index (χ0n) is 16.4. The topological polar surface area (TPSA) is 86.8 Å². The summed E-state index contributed by atoms with van der Waals surface area (Å²) in [5, 5.41) is 0.309. The molecule has 0 radical (unpaired) electrons. The van der Waals surface area contributed by atoms with E-state index in [0.29, 0.717) is 42.5 Å². The van der Waals surface area contributed by atoms with E-state index in [1.54, 1.807) is 52.3 Å². The number of carbonyl (C=O) groups is 2. The van der Waals surface area contributed by atoms with Gasteiger partial charge in [-0.25, -0.2) is 8.42 Å². The van der Waals surface area contributed by atoms with Crippen LogP contribution in [-0.2, 0) is 19.6 Å². The van der Waals surface area contributed by atoms with E-state index in [-0.39, 0.29) is 16.7 Å². The number of carbonyl (C=O) groups excluding carboxylic acids is 2. The van der Waals surface area contributed by atoms with Crippen LogP contribution in [0.4, 0.5) is 5.69 Å². The maximum absolute atomic E-state index is 12.5. The Bertz CT molecular complexity index is 1060. The number of hydrogen-bond donors (Lipinski definition) is 1. The molecule has 0 saturated carbocycles. The van der Waals surface area contributed by atoms with Crippen LogP contribution in [0.5, 0.6) is 0 Å². The minimum atomic E-state index is -3.78. The van der Waals surface area contributed by atoms with Gasteiger partial charge in [-0.2, -0.15) is 0 Å². The summed E-state index contributed by atoms with van der Waals surface area (Å²) in [5.41, 5.74) is 1.00. The number of nitrogens with one attached hydrogen (secondary N) is 1. The molecule has 7 nitrogen and oxygen atoms in total. The molecule has 30 heavy (non-hydrogen) atoms. The summed E-state index contributed by atoms with van der Waals surface area (Å²) in [7, 11) is -3.78. The Morgan fingerprint density at radius 2 is 1.57 bits per heavy atom. The van der Waals surface area contributed by atoms with Gasteiger partial charge in [0.2, 0.25) is 11.8 Å². The van der Waals surface area contributed by atoms with Gasteiger partial charge in [0.05, 0.1) is 15.6 Å². The molecule has 0 aromatic heterocycles. The Morgan fingerprint density at radius 3 is 2.17 bits per heavy atom. The summed E-state index contributed by atoms with van der Waals surface area (Å²) in [6.45, 7) is 3.56. The van der Waals surface area contributed by atoms with E-state index in [2.05, 4.69) is 4.72 Å². The van der Waals surface area contributed by atoms with Crippen molar-refractivity contribution in [2.75, 3.05) is 30.9 Å². The van der Waals surface area contributed by atoms with Crippen LogP contribution in [0.25, 0.3) is 6.08 Å². The lowest BCUT2D eigenvalue weighted by molar-refractivity contribution is -0.135. The quantitative estimate of drug-likeness (QED) is 0.714. The summed E-state index contributed by atoms with van der Waals surface area (Å²) >= 11 is 6.01. The SMILES string of the molecule is CC(=O)N1CCN(C(=O)/C=C/c2ccc(S(=O)(=O)Nc3ccccc3Cl)cc2)CC1. The van der Waals surface area contributed by atoms with Gasteiger partial charge < -0.3 is 9.80 Å². The zero-order chi connectivity index (χ0) is 21.7. The average Bonchev–Trinajstić information content (AvgIpc) is 2.74. The number of rotatable bonds is 5. The van der Waals surface area contributed by atoms with Crippen LogP contribution < -0.4 is 4.72 Å². The van der Waals surface area contributed by atoms with Crippen LogP contribution in [-0.4, -0.2) is 56.2 Å². The Balaban J connectivity index is 1.62. The fourth-order valence-corrected chi connectivity index (χ4v) is 4.34. The zero-order valence-corrected chi connectivity index (χ0v) is 18.0. The molecule has 9 heteroatoms. The highest BCUT2D eigenvalue weighted by Crippen LogP contribution is 2.24. The number of amides is 2. The van der Waals surface area contributed by atoms with E-state index in [4.69, 9.17) is 11.6 Å². The van der Waals surface area contributed by atoms with Gasteiger partial charge in [-0.3, -0.25) is 14.3 Å². The second-order valence-corrected chi connectivity index (χ2v) is 8.91. The van der Waals surface area contributed by atoms with E-state index in [1.807, 2.05) is 0 Å². The van der Waals surface area contributed by atoms with E-state index in [0.717, 1.165) is 0 Å². The first-order valence-corrected chi connectivity index (χ1v) is 11.2. The largest absolute Gasteiger partial charge is 0.339 e. The van der Waals surface area contributed by atoms with Crippen LogP contribution in [0, 0.1) is 0 Å². The summed E-state index contributed by atoms with van der Waals surface area (Å²) in [5.74, 6) is -0.132. The first kappa shape index (κ1) is 21.9. The fraction of sp³-hybridized carbons (Fsp3) is 0.238. The molecule has 1 N–H and O–H groups in total. The van der Waals surface area contributed by atoms with E-state index < -0.39 is 10.0 Å². The number of hydrogen-bond acceptors (Lipinski definition) is 4. The Morgan fingerprint density at radius 1 is 0.967 bits per heavy atom. The van der Waals surface area contributed by atoms with Crippen LogP contribution in [0.1, 0.15) is 12.5 Å². The monoisotopic (exact) mass is 447 g/mol. The highest BCUT2D eigenvalue weighted by atomic mass is 35.5. The molecule has 1 heterocycles. The maximum atomic E-state index is 12.5. The Kier molecular flexibility index (Phi) is 6.79.